The Bertz CT molecular complexity index is 531. The van der Waals surface area contributed by atoms with Crippen LogP contribution in [-0.2, 0) is 0 Å². The zero-order valence-electron chi connectivity index (χ0n) is 10.1. The second kappa shape index (κ2) is 5.42. The molecule has 0 atom stereocenters. The molecular weight excluding hydrogens is 351 g/mol. The standard InChI is InChI=1S/C11H11IN2O4/c1-15-7-4-6(10-13-11(12)14-18-10)5-8(16-2)9(7)17-3/h4-5H,1-3H3. The molecule has 0 amide bonds. The normalized spacial score (nSPS) is 10.2. The molecule has 0 saturated heterocycles. The van der Waals surface area contributed by atoms with E-state index in [9.17, 15) is 0 Å². The Morgan fingerprint density at radius 2 is 1.67 bits per heavy atom. The van der Waals surface area contributed by atoms with E-state index in [2.05, 4.69) is 10.1 Å². The number of hydrogen-bond donors (Lipinski definition) is 0. The topological polar surface area (TPSA) is 66.6 Å². The Morgan fingerprint density at radius 3 is 2.06 bits per heavy atom. The molecule has 0 fully saturated rings. The molecule has 1 aromatic carbocycles. The van der Waals surface area contributed by atoms with E-state index in [1.807, 2.05) is 22.6 Å². The summed E-state index contributed by atoms with van der Waals surface area (Å²) >= 11 is 1.97. The Balaban J connectivity index is 2.56. The lowest BCUT2D eigenvalue weighted by Gasteiger charge is -2.12. The van der Waals surface area contributed by atoms with Gasteiger partial charge >= 0.3 is 0 Å². The number of rotatable bonds is 4. The van der Waals surface area contributed by atoms with Crippen molar-refractivity contribution in [1.29, 1.82) is 0 Å². The first-order valence-corrected chi connectivity index (χ1v) is 6.07. The van der Waals surface area contributed by atoms with E-state index in [4.69, 9.17) is 18.7 Å². The van der Waals surface area contributed by atoms with Gasteiger partial charge < -0.3 is 18.7 Å². The number of benzene rings is 1. The second-order valence-corrected chi connectivity index (χ2v) is 4.25. The molecular formula is C11H11IN2O4. The molecule has 0 bridgehead atoms. The molecule has 96 valence electrons. The predicted molar refractivity (Wildman–Crippen MR) is 72.1 cm³/mol. The minimum absolute atomic E-state index is 0.402. The van der Waals surface area contributed by atoms with E-state index < -0.39 is 0 Å². The fourth-order valence-corrected chi connectivity index (χ4v) is 1.84. The van der Waals surface area contributed by atoms with Gasteiger partial charge in [0.25, 0.3) is 5.89 Å². The molecule has 0 unspecified atom stereocenters. The van der Waals surface area contributed by atoms with Gasteiger partial charge in [-0.1, -0.05) is 5.16 Å². The lowest BCUT2D eigenvalue weighted by Crippen LogP contribution is -1.95. The maximum Gasteiger partial charge on any atom is 0.258 e. The van der Waals surface area contributed by atoms with E-state index in [1.165, 1.54) is 0 Å². The summed E-state index contributed by atoms with van der Waals surface area (Å²) in [7, 11) is 4.66. The van der Waals surface area contributed by atoms with Gasteiger partial charge in [-0.15, -0.1) is 0 Å². The van der Waals surface area contributed by atoms with Crippen LogP contribution in [0, 0.1) is 3.83 Å². The number of nitrogens with zero attached hydrogens (tertiary/aromatic N) is 2. The van der Waals surface area contributed by atoms with Gasteiger partial charge in [0.15, 0.2) is 11.5 Å². The Kier molecular flexibility index (Phi) is 3.90. The van der Waals surface area contributed by atoms with E-state index in [0.717, 1.165) is 0 Å². The molecule has 2 rings (SSSR count). The summed E-state index contributed by atoms with van der Waals surface area (Å²) < 4.78 is 21.4. The second-order valence-electron chi connectivity index (χ2n) is 3.28. The third kappa shape index (κ3) is 2.35. The van der Waals surface area contributed by atoms with Gasteiger partial charge in [-0.05, 0) is 12.1 Å². The van der Waals surface area contributed by atoms with Crippen molar-refractivity contribution < 1.29 is 18.7 Å². The molecule has 0 aliphatic carbocycles. The lowest BCUT2D eigenvalue weighted by atomic mass is 10.2. The van der Waals surface area contributed by atoms with Crippen LogP contribution in [0.15, 0.2) is 16.7 Å². The van der Waals surface area contributed by atoms with Crippen LogP contribution in [0.5, 0.6) is 17.2 Å². The number of methoxy groups -OCH3 is 3. The largest absolute Gasteiger partial charge is 0.493 e. The summed E-state index contributed by atoms with van der Waals surface area (Å²) in [4.78, 5) is 4.14. The van der Waals surface area contributed by atoms with Gasteiger partial charge in [-0.2, -0.15) is 4.98 Å². The summed E-state index contributed by atoms with van der Waals surface area (Å²) in [6.45, 7) is 0. The molecule has 0 aliphatic rings. The van der Waals surface area contributed by atoms with Gasteiger partial charge in [0.05, 0.1) is 21.3 Å². The molecule has 1 heterocycles. The predicted octanol–water partition coefficient (Wildman–Crippen LogP) is 2.37. The number of hydrogen-bond acceptors (Lipinski definition) is 6. The van der Waals surface area contributed by atoms with Crippen LogP contribution in [0.4, 0.5) is 0 Å². The smallest absolute Gasteiger partial charge is 0.258 e. The Morgan fingerprint density at radius 1 is 1.06 bits per heavy atom. The zero-order valence-corrected chi connectivity index (χ0v) is 12.2. The minimum atomic E-state index is 0.402. The number of aromatic nitrogens is 2. The van der Waals surface area contributed by atoms with Crippen LogP contribution >= 0.6 is 22.6 Å². The van der Waals surface area contributed by atoms with Gasteiger partial charge in [0.2, 0.25) is 9.58 Å². The van der Waals surface area contributed by atoms with Crippen LogP contribution in [0.1, 0.15) is 0 Å². The highest BCUT2D eigenvalue weighted by atomic mass is 127. The first kappa shape index (κ1) is 12.9. The molecule has 7 heteroatoms. The van der Waals surface area contributed by atoms with Crippen molar-refractivity contribution in [3.63, 3.8) is 0 Å². The third-order valence-corrected chi connectivity index (χ3v) is 2.75. The van der Waals surface area contributed by atoms with E-state index in [1.54, 1.807) is 33.5 Å². The van der Waals surface area contributed by atoms with E-state index in [-0.39, 0.29) is 0 Å². The lowest BCUT2D eigenvalue weighted by molar-refractivity contribution is 0.324. The van der Waals surface area contributed by atoms with Crippen molar-refractivity contribution >= 4 is 22.6 Å². The summed E-state index contributed by atoms with van der Waals surface area (Å²) in [5, 5.41) is 3.73. The first-order chi connectivity index (χ1) is 8.69. The van der Waals surface area contributed by atoms with Crippen molar-refractivity contribution in [3.8, 4) is 28.7 Å². The van der Waals surface area contributed by atoms with Crippen LogP contribution < -0.4 is 14.2 Å². The average molecular weight is 362 g/mol. The van der Waals surface area contributed by atoms with E-state index in [0.29, 0.717) is 32.5 Å². The summed E-state index contributed by atoms with van der Waals surface area (Å²) in [5.41, 5.74) is 0.708. The minimum Gasteiger partial charge on any atom is -0.493 e. The molecule has 6 nitrogen and oxygen atoms in total. The maximum atomic E-state index is 5.25. The highest BCUT2D eigenvalue weighted by Crippen LogP contribution is 2.40. The molecule has 18 heavy (non-hydrogen) atoms. The summed E-state index contributed by atoms with van der Waals surface area (Å²) in [6.07, 6.45) is 0. The molecule has 0 aliphatic heterocycles. The van der Waals surface area contributed by atoms with Crippen molar-refractivity contribution in [2.24, 2.45) is 0 Å². The zero-order chi connectivity index (χ0) is 13.1. The van der Waals surface area contributed by atoms with Crippen LogP contribution in [0.25, 0.3) is 11.5 Å². The fraction of sp³-hybridized carbons (Fsp3) is 0.273. The van der Waals surface area contributed by atoms with Gasteiger partial charge in [0, 0.05) is 28.2 Å². The monoisotopic (exact) mass is 362 g/mol. The van der Waals surface area contributed by atoms with Gasteiger partial charge in [-0.25, -0.2) is 0 Å². The Labute approximate surface area is 117 Å². The number of halogens is 1. The van der Waals surface area contributed by atoms with E-state index >= 15 is 0 Å². The summed E-state index contributed by atoms with van der Waals surface area (Å²) in [6, 6.07) is 3.51. The summed E-state index contributed by atoms with van der Waals surface area (Å²) in [5.74, 6) is 2.01. The molecule has 0 radical (unpaired) electrons. The van der Waals surface area contributed by atoms with Gasteiger partial charge in [-0.3, -0.25) is 0 Å². The van der Waals surface area contributed by atoms with Crippen molar-refractivity contribution in [2.45, 2.75) is 0 Å². The van der Waals surface area contributed by atoms with Crippen molar-refractivity contribution in [3.05, 3.63) is 16.0 Å². The Hall–Kier alpha value is -1.51. The quantitative estimate of drug-likeness (QED) is 0.778. The highest BCUT2D eigenvalue weighted by molar-refractivity contribution is 14.1. The van der Waals surface area contributed by atoms with Crippen LogP contribution in [0.3, 0.4) is 0 Å². The van der Waals surface area contributed by atoms with Crippen molar-refractivity contribution in [2.75, 3.05) is 21.3 Å². The molecule has 0 N–H and O–H groups in total. The molecule has 2 aromatic rings. The SMILES string of the molecule is COc1cc(-c2nc(I)no2)cc(OC)c1OC. The molecule has 1 aromatic heterocycles. The van der Waals surface area contributed by atoms with Crippen LogP contribution in [-0.4, -0.2) is 31.5 Å². The van der Waals surface area contributed by atoms with Gasteiger partial charge in [0.1, 0.15) is 0 Å². The molecule has 0 saturated carbocycles. The highest BCUT2D eigenvalue weighted by Gasteiger charge is 2.17. The first-order valence-electron chi connectivity index (χ1n) is 4.99. The third-order valence-electron chi connectivity index (χ3n) is 2.31. The number of ether oxygens (including phenoxy) is 3. The maximum absolute atomic E-state index is 5.25. The van der Waals surface area contributed by atoms with Crippen molar-refractivity contribution in [1.82, 2.24) is 10.1 Å². The fourth-order valence-electron chi connectivity index (χ4n) is 1.53. The average Bonchev–Trinajstić information content (AvgIpc) is 2.83. The molecule has 0 spiro atoms. The van der Waals surface area contributed by atoms with Crippen LogP contribution in [0.2, 0.25) is 0 Å².